The number of fused-ring (bicyclic) bond motifs is 5. The van der Waals surface area contributed by atoms with E-state index in [0.717, 1.165) is 24.1 Å². The summed E-state index contributed by atoms with van der Waals surface area (Å²) in [5.74, 6) is 0. The number of hydrogen-bond acceptors (Lipinski definition) is 1. The molecular formula is C49H34N2. The highest BCUT2D eigenvalue weighted by Gasteiger charge is 2.22. The Labute approximate surface area is 297 Å². The molecule has 240 valence electrons. The second-order valence-corrected chi connectivity index (χ2v) is 13.4. The lowest BCUT2D eigenvalue weighted by Crippen LogP contribution is -2.00. The minimum atomic E-state index is 0.977. The molecule has 2 nitrogen and oxygen atoms in total. The van der Waals surface area contributed by atoms with Crippen molar-refractivity contribution in [2.45, 2.75) is 12.8 Å². The van der Waals surface area contributed by atoms with Crippen LogP contribution in [0.5, 0.6) is 0 Å². The van der Waals surface area contributed by atoms with Gasteiger partial charge in [-0.05, 0) is 86.5 Å². The maximum absolute atomic E-state index is 5.24. The van der Waals surface area contributed by atoms with E-state index in [1.54, 1.807) is 0 Å². The highest BCUT2D eigenvalue weighted by atomic mass is 15.0. The van der Waals surface area contributed by atoms with E-state index in [-0.39, 0.29) is 0 Å². The van der Waals surface area contributed by atoms with Gasteiger partial charge in [-0.15, -0.1) is 0 Å². The Morgan fingerprint density at radius 2 is 1.02 bits per heavy atom. The van der Waals surface area contributed by atoms with Gasteiger partial charge in [-0.1, -0.05) is 152 Å². The van der Waals surface area contributed by atoms with Crippen molar-refractivity contribution in [3.8, 4) is 50.3 Å². The van der Waals surface area contributed by atoms with Crippen molar-refractivity contribution in [1.82, 2.24) is 9.55 Å². The van der Waals surface area contributed by atoms with Crippen molar-refractivity contribution in [2.24, 2.45) is 0 Å². The largest absolute Gasteiger partial charge is 0.309 e. The molecule has 2 aromatic heterocycles. The van der Waals surface area contributed by atoms with Crippen LogP contribution < -0.4 is 0 Å². The molecule has 1 aliphatic rings. The van der Waals surface area contributed by atoms with Gasteiger partial charge in [-0.2, -0.15) is 0 Å². The molecule has 10 rings (SSSR count). The van der Waals surface area contributed by atoms with Crippen LogP contribution in [0.1, 0.15) is 17.7 Å². The molecule has 0 radical (unpaired) electrons. The Hall–Kier alpha value is -6.51. The van der Waals surface area contributed by atoms with Crippen LogP contribution in [0.4, 0.5) is 0 Å². The molecule has 2 heteroatoms. The van der Waals surface area contributed by atoms with Crippen molar-refractivity contribution in [3.05, 3.63) is 187 Å². The zero-order valence-electron chi connectivity index (χ0n) is 28.1. The van der Waals surface area contributed by atoms with Crippen LogP contribution in [0.2, 0.25) is 0 Å². The fraction of sp³-hybridized carbons (Fsp3) is 0.0408. The average Bonchev–Trinajstić information content (AvgIpc) is 3.55. The molecule has 0 aliphatic heterocycles. The molecule has 7 aromatic carbocycles. The minimum Gasteiger partial charge on any atom is -0.309 e. The lowest BCUT2D eigenvalue weighted by atomic mass is 9.86. The summed E-state index contributed by atoms with van der Waals surface area (Å²) in [5.41, 5.74) is 14.5. The second-order valence-electron chi connectivity index (χ2n) is 13.4. The molecule has 0 N–H and O–H groups in total. The second kappa shape index (κ2) is 12.1. The summed E-state index contributed by atoms with van der Waals surface area (Å²) in [4.78, 5) is 5.24. The molecule has 0 amide bonds. The van der Waals surface area contributed by atoms with Crippen molar-refractivity contribution in [3.63, 3.8) is 0 Å². The van der Waals surface area contributed by atoms with Crippen molar-refractivity contribution in [1.29, 1.82) is 0 Å². The molecule has 0 unspecified atom stereocenters. The average molecular weight is 651 g/mol. The fourth-order valence-electron chi connectivity index (χ4n) is 8.24. The minimum absolute atomic E-state index is 0.977. The number of allylic oxidation sites excluding steroid dienone is 1. The highest BCUT2D eigenvalue weighted by Crippen LogP contribution is 2.44. The molecular weight excluding hydrogens is 617 g/mol. The Morgan fingerprint density at radius 3 is 1.69 bits per heavy atom. The Kier molecular flexibility index (Phi) is 6.99. The molecule has 0 spiro atoms. The molecule has 9 aromatic rings. The monoisotopic (exact) mass is 650 g/mol. The molecule has 0 saturated heterocycles. The number of aryl methyl sites for hydroxylation is 1. The summed E-state index contributed by atoms with van der Waals surface area (Å²) in [6, 6.07) is 59.2. The van der Waals surface area contributed by atoms with E-state index >= 15 is 0 Å². The molecule has 0 atom stereocenters. The number of benzene rings is 7. The number of aromatic nitrogens is 2. The van der Waals surface area contributed by atoms with E-state index in [4.69, 9.17) is 4.98 Å². The lowest BCUT2D eigenvalue weighted by Gasteiger charge is -2.18. The van der Waals surface area contributed by atoms with Gasteiger partial charge in [0.05, 0.1) is 11.2 Å². The maximum atomic E-state index is 5.24. The quantitative estimate of drug-likeness (QED) is 0.170. The van der Waals surface area contributed by atoms with Gasteiger partial charge in [0.25, 0.3) is 0 Å². The van der Waals surface area contributed by atoms with Gasteiger partial charge in [-0.25, -0.2) is 0 Å². The third-order valence-corrected chi connectivity index (χ3v) is 10.5. The van der Waals surface area contributed by atoms with Crippen LogP contribution in [0, 0.1) is 0 Å². The maximum Gasteiger partial charge on any atom is 0.0714 e. The van der Waals surface area contributed by atoms with Gasteiger partial charge < -0.3 is 4.57 Å². The fourth-order valence-corrected chi connectivity index (χ4v) is 8.24. The molecule has 2 heterocycles. The van der Waals surface area contributed by atoms with E-state index < -0.39 is 0 Å². The number of para-hydroxylation sites is 2. The smallest absolute Gasteiger partial charge is 0.0714 e. The van der Waals surface area contributed by atoms with Gasteiger partial charge in [-0.3, -0.25) is 4.98 Å². The number of hydrogen-bond donors (Lipinski definition) is 0. The summed E-state index contributed by atoms with van der Waals surface area (Å²) >= 11 is 0. The summed E-state index contributed by atoms with van der Waals surface area (Å²) in [6.07, 6.45) is 8.79. The summed E-state index contributed by atoms with van der Waals surface area (Å²) < 4.78 is 2.44. The first-order valence-electron chi connectivity index (χ1n) is 17.8. The van der Waals surface area contributed by atoms with E-state index in [1.807, 2.05) is 0 Å². The molecule has 0 saturated carbocycles. The molecule has 51 heavy (non-hydrogen) atoms. The first kappa shape index (κ1) is 29.4. The third-order valence-electron chi connectivity index (χ3n) is 10.5. The zero-order valence-corrected chi connectivity index (χ0v) is 28.1. The predicted molar refractivity (Wildman–Crippen MR) is 215 cm³/mol. The Bertz CT molecular complexity index is 2700. The summed E-state index contributed by atoms with van der Waals surface area (Å²) in [5, 5.41) is 6.20. The SMILES string of the molecule is C1=Cc2c(c3cccc(-c4ccc(-c5c6ccccc6c(-c6ccc(-c7ccccc7)cc6)c6ccccc56)nc4)c3n2-c2ccccc2)CC1. The highest BCUT2D eigenvalue weighted by molar-refractivity contribution is 6.21. The van der Waals surface area contributed by atoms with Gasteiger partial charge >= 0.3 is 0 Å². The van der Waals surface area contributed by atoms with E-state index in [1.165, 1.54) is 82.8 Å². The molecule has 0 fully saturated rings. The number of nitrogens with zero attached hydrogens (tertiary/aromatic N) is 2. The van der Waals surface area contributed by atoms with Gasteiger partial charge in [0, 0.05) is 39.7 Å². The summed E-state index contributed by atoms with van der Waals surface area (Å²) in [6.45, 7) is 0. The Morgan fingerprint density at radius 1 is 0.451 bits per heavy atom. The molecule has 1 aliphatic carbocycles. The van der Waals surface area contributed by atoms with Crippen molar-refractivity contribution >= 4 is 38.5 Å². The van der Waals surface area contributed by atoms with Crippen molar-refractivity contribution in [2.75, 3.05) is 0 Å². The van der Waals surface area contributed by atoms with Gasteiger partial charge in [0.1, 0.15) is 0 Å². The topological polar surface area (TPSA) is 17.8 Å². The zero-order chi connectivity index (χ0) is 33.7. The van der Waals surface area contributed by atoms with Crippen molar-refractivity contribution < 1.29 is 0 Å². The lowest BCUT2D eigenvalue weighted by molar-refractivity contribution is 0.968. The normalized spacial score (nSPS) is 12.5. The first-order chi connectivity index (χ1) is 25.3. The first-order valence-corrected chi connectivity index (χ1v) is 17.8. The van der Waals surface area contributed by atoms with Gasteiger partial charge in [0.2, 0.25) is 0 Å². The standard InChI is InChI=1S/C49H34N2/c1-3-14-33(15-4-1)34-26-28-35(29-27-34)47-40-19-7-9-21-42(40)48(43-22-10-8-20-41(43)47)45-31-30-36(32-50-45)38-23-13-24-44-39-18-11-12-25-46(39)51(49(38)44)37-16-5-2-6-17-37/h1-10,12-17,19-32H,11,18H2. The Balaban J connectivity index is 1.13. The van der Waals surface area contributed by atoms with Crippen LogP contribution in [-0.2, 0) is 6.42 Å². The van der Waals surface area contributed by atoms with E-state index in [2.05, 4.69) is 187 Å². The van der Waals surface area contributed by atoms with Gasteiger partial charge in [0.15, 0.2) is 0 Å². The van der Waals surface area contributed by atoms with Crippen LogP contribution in [-0.4, -0.2) is 9.55 Å². The number of pyridine rings is 1. The van der Waals surface area contributed by atoms with Crippen LogP contribution in [0.25, 0.3) is 88.8 Å². The van der Waals surface area contributed by atoms with Crippen LogP contribution >= 0.6 is 0 Å². The van der Waals surface area contributed by atoms with Crippen LogP contribution in [0.15, 0.2) is 176 Å². The molecule has 0 bridgehead atoms. The van der Waals surface area contributed by atoms with Crippen LogP contribution in [0.3, 0.4) is 0 Å². The van der Waals surface area contributed by atoms with E-state index in [9.17, 15) is 0 Å². The summed E-state index contributed by atoms with van der Waals surface area (Å²) in [7, 11) is 0. The third kappa shape index (κ3) is 4.83. The predicted octanol–water partition coefficient (Wildman–Crippen LogP) is 13.0. The number of rotatable bonds is 5. The van der Waals surface area contributed by atoms with E-state index in [0.29, 0.717) is 0 Å².